The zero-order valence-corrected chi connectivity index (χ0v) is 16.3. The van der Waals surface area contributed by atoms with Crippen LogP contribution in [0.25, 0.3) is 10.9 Å². The van der Waals surface area contributed by atoms with Gasteiger partial charge in [-0.15, -0.1) is 0 Å². The highest BCUT2D eigenvalue weighted by Gasteiger charge is 2.27. The quantitative estimate of drug-likeness (QED) is 0.609. The Kier molecular flexibility index (Phi) is 4.82. The Balaban J connectivity index is 2.33. The van der Waals surface area contributed by atoms with Crippen molar-refractivity contribution in [1.29, 1.82) is 0 Å². The molecule has 0 saturated carbocycles. The van der Waals surface area contributed by atoms with Gasteiger partial charge < -0.3 is 10.2 Å². The number of carboxylic acid groups (broad SMARTS) is 1. The van der Waals surface area contributed by atoms with Gasteiger partial charge in [0.15, 0.2) is 0 Å². The van der Waals surface area contributed by atoms with Crippen molar-refractivity contribution in [2.45, 2.75) is 19.8 Å². The maximum Gasteiger partial charge on any atom is 0.310 e. The van der Waals surface area contributed by atoms with E-state index in [4.69, 9.17) is 11.6 Å². The number of fused-ring (bicyclic) bond motifs is 1. The number of benzene rings is 2. The van der Waals surface area contributed by atoms with Crippen molar-refractivity contribution in [2.75, 3.05) is 0 Å². The van der Waals surface area contributed by atoms with Crippen LogP contribution in [0, 0.1) is 6.92 Å². The number of carbonyl (C=O) groups excluding carboxylic acids is 1. The minimum Gasteiger partial charge on any atom is -0.506 e. The fourth-order valence-corrected chi connectivity index (χ4v) is 3.52. The lowest BCUT2D eigenvalue weighted by Gasteiger charge is -2.09. The maximum atomic E-state index is 13.1. The van der Waals surface area contributed by atoms with Crippen LogP contribution in [0.4, 0.5) is 0 Å². The van der Waals surface area contributed by atoms with E-state index < -0.39 is 11.9 Å². The molecule has 0 saturated heterocycles. The van der Waals surface area contributed by atoms with Gasteiger partial charge in [-0.1, -0.05) is 27.5 Å². The summed E-state index contributed by atoms with van der Waals surface area (Å²) in [5.74, 6) is -2.33. The van der Waals surface area contributed by atoms with Crippen LogP contribution in [0.15, 0.2) is 40.9 Å². The Morgan fingerprint density at radius 3 is 2.38 bits per heavy atom. The molecule has 7 heteroatoms. The number of aliphatic carboxylic acids is 1. The number of hydrogen-bond acceptors (Lipinski definition) is 3. The van der Waals surface area contributed by atoms with Crippen LogP contribution in [-0.4, -0.2) is 26.7 Å². The van der Waals surface area contributed by atoms with Gasteiger partial charge in [-0.25, -0.2) is 0 Å². The predicted octanol–water partition coefficient (Wildman–Crippen LogP) is 4.95. The molecule has 3 rings (SSSR count). The van der Waals surface area contributed by atoms with E-state index in [1.54, 1.807) is 38.1 Å². The van der Waals surface area contributed by atoms with E-state index in [1.807, 2.05) is 0 Å². The minimum atomic E-state index is -1.02. The Bertz CT molecular complexity index is 1040. The summed E-state index contributed by atoms with van der Waals surface area (Å²) in [6.45, 7) is 3.24. The van der Waals surface area contributed by atoms with E-state index in [2.05, 4.69) is 15.9 Å². The molecule has 1 atom stereocenters. The predicted molar refractivity (Wildman–Crippen MR) is 103 cm³/mol. The molecule has 26 heavy (non-hydrogen) atoms. The number of aromatic hydroxyl groups is 1. The molecule has 0 radical (unpaired) electrons. The van der Waals surface area contributed by atoms with Crippen molar-refractivity contribution in [3.05, 3.63) is 62.7 Å². The first-order chi connectivity index (χ1) is 12.2. The number of aromatic nitrogens is 1. The molecule has 0 aliphatic rings. The summed E-state index contributed by atoms with van der Waals surface area (Å²) in [5, 5.41) is 20.0. The lowest BCUT2D eigenvalue weighted by Crippen LogP contribution is -2.15. The topological polar surface area (TPSA) is 79.5 Å². The summed E-state index contributed by atoms with van der Waals surface area (Å²) in [5.41, 5.74) is 1.89. The van der Waals surface area contributed by atoms with Gasteiger partial charge in [0.1, 0.15) is 5.75 Å². The van der Waals surface area contributed by atoms with E-state index in [-0.39, 0.29) is 16.7 Å². The lowest BCUT2D eigenvalue weighted by molar-refractivity contribution is -0.138. The van der Waals surface area contributed by atoms with Crippen molar-refractivity contribution >= 4 is 50.3 Å². The normalized spacial score (nSPS) is 12.3. The smallest absolute Gasteiger partial charge is 0.310 e. The highest BCUT2D eigenvalue weighted by molar-refractivity contribution is 9.10. The Morgan fingerprint density at radius 1 is 1.19 bits per heavy atom. The van der Waals surface area contributed by atoms with Crippen LogP contribution >= 0.6 is 27.5 Å². The van der Waals surface area contributed by atoms with Crippen LogP contribution in [0.5, 0.6) is 5.75 Å². The first-order valence-electron chi connectivity index (χ1n) is 7.79. The van der Waals surface area contributed by atoms with Gasteiger partial charge in [0.05, 0.1) is 16.5 Å². The van der Waals surface area contributed by atoms with Crippen LogP contribution in [0.2, 0.25) is 5.02 Å². The maximum absolute atomic E-state index is 13.1. The molecule has 0 fully saturated rings. The number of nitrogens with zero attached hydrogens (tertiary/aromatic N) is 1. The molecule has 0 spiro atoms. The molecular weight excluding hydrogens is 422 g/mol. The van der Waals surface area contributed by atoms with Gasteiger partial charge in [0.25, 0.3) is 5.91 Å². The molecule has 1 unspecified atom stereocenters. The van der Waals surface area contributed by atoms with Crippen LogP contribution in [-0.2, 0) is 4.79 Å². The molecule has 2 N–H and O–H groups in total. The summed E-state index contributed by atoms with van der Waals surface area (Å²) in [7, 11) is 0. The highest BCUT2D eigenvalue weighted by atomic mass is 79.9. The second-order valence-electron chi connectivity index (χ2n) is 6.03. The lowest BCUT2D eigenvalue weighted by atomic mass is 9.98. The van der Waals surface area contributed by atoms with Crippen LogP contribution < -0.4 is 0 Å². The zero-order valence-electron chi connectivity index (χ0n) is 14.0. The number of hydrogen-bond donors (Lipinski definition) is 2. The van der Waals surface area contributed by atoms with Crippen LogP contribution in [0.1, 0.15) is 34.5 Å². The average Bonchev–Trinajstić information content (AvgIpc) is 2.85. The third-order valence-electron chi connectivity index (χ3n) is 4.42. The van der Waals surface area contributed by atoms with Gasteiger partial charge in [-0.3, -0.25) is 14.2 Å². The summed E-state index contributed by atoms with van der Waals surface area (Å²) < 4.78 is 2.29. The summed E-state index contributed by atoms with van der Waals surface area (Å²) in [6.07, 6.45) is 0. The Hall–Kier alpha value is -2.31. The van der Waals surface area contributed by atoms with Gasteiger partial charge in [0.2, 0.25) is 0 Å². The summed E-state index contributed by atoms with van der Waals surface area (Å²) >= 11 is 9.37. The highest BCUT2D eigenvalue weighted by Crippen LogP contribution is 2.37. The Morgan fingerprint density at radius 2 is 1.81 bits per heavy atom. The van der Waals surface area contributed by atoms with Crippen molar-refractivity contribution < 1.29 is 19.8 Å². The standard InChI is InChI=1S/C19H15BrClNO4/c1-9(19(25)26)17-10(2)22(15-8-14(21)16(23)7-13(15)17)18(24)11-3-5-12(20)6-4-11/h3-9,23H,1-2H3,(H,25,26). The number of carbonyl (C=O) groups is 2. The molecule has 0 bridgehead atoms. The first-order valence-corrected chi connectivity index (χ1v) is 8.96. The van der Waals surface area contributed by atoms with E-state index in [0.29, 0.717) is 27.7 Å². The molecule has 0 amide bonds. The number of phenols is 1. The van der Waals surface area contributed by atoms with Crippen molar-refractivity contribution in [3.63, 3.8) is 0 Å². The summed E-state index contributed by atoms with van der Waals surface area (Å²) in [6, 6.07) is 9.76. The molecule has 3 aromatic rings. The molecule has 1 aromatic heterocycles. The largest absolute Gasteiger partial charge is 0.506 e. The molecule has 2 aromatic carbocycles. The van der Waals surface area contributed by atoms with E-state index >= 15 is 0 Å². The SMILES string of the molecule is Cc1c(C(C)C(=O)O)c2cc(O)c(Cl)cc2n1C(=O)c1ccc(Br)cc1. The molecule has 5 nitrogen and oxygen atoms in total. The molecule has 0 aliphatic carbocycles. The molecule has 1 heterocycles. The Labute approximate surface area is 162 Å². The second-order valence-corrected chi connectivity index (χ2v) is 7.35. The first kappa shape index (κ1) is 18.5. The van der Waals surface area contributed by atoms with Crippen molar-refractivity contribution in [3.8, 4) is 5.75 Å². The summed E-state index contributed by atoms with van der Waals surface area (Å²) in [4.78, 5) is 24.6. The van der Waals surface area contributed by atoms with E-state index in [0.717, 1.165) is 4.47 Å². The molecular formula is C19H15BrClNO4. The van der Waals surface area contributed by atoms with Gasteiger partial charge in [-0.05, 0) is 55.8 Å². The van der Waals surface area contributed by atoms with Crippen molar-refractivity contribution in [1.82, 2.24) is 4.57 Å². The molecule has 134 valence electrons. The minimum absolute atomic E-state index is 0.0920. The third kappa shape index (κ3) is 2.99. The van der Waals surface area contributed by atoms with Gasteiger partial charge in [-0.2, -0.15) is 0 Å². The second kappa shape index (κ2) is 6.78. The van der Waals surface area contributed by atoms with Crippen molar-refractivity contribution in [2.24, 2.45) is 0 Å². The monoisotopic (exact) mass is 435 g/mol. The van der Waals surface area contributed by atoms with Gasteiger partial charge in [0, 0.05) is 21.1 Å². The molecule has 0 aliphatic heterocycles. The van der Waals surface area contributed by atoms with Crippen LogP contribution in [0.3, 0.4) is 0 Å². The number of rotatable bonds is 3. The third-order valence-corrected chi connectivity index (χ3v) is 5.25. The number of halogens is 2. The average molecular weight is 437 g/mol. The van der Waals surface area contributed by atoms with E-state index in [1.165, 1.54) is 16.7 Å². The zero-order chi connectivity index (χ0) is 19.2. The van der Waals surface area contributed by atoms with Gasteiger partial charge >= 0.3 is 5.97 Å². The van der Waals surface area contributed by atoms with E-state index in [9.17, 15) is 19.8 Å². The number of phenolic OH excluding ortho intramolecular Hbond substituents is 1. The fraction of sp³-hybridized carbons (Fsp3) is 0.158. The fourth-order valence-electron chi connectivity index (χ4n) is 3.10. The number of carboxylic acids is 1.